The number of ether oxygens (including phenoxy) is 1. The number of likely N-dealkylation sites (tertiary alicyclic amines) is 1. The topological polar surface area (TPSA) is 79.0 Å². The van der Waals surface area contributed by atoms with Crippen molar-refractivity contribution in [3.8, 4) is 5.75 Å². The summed E-state index contributed by atoms with van der Waals surface area (Å²) in [4.78, 5) is 40.2. The Morgan fingerprint density at radius 2 is 1.91 bits per heavy atom. The van der Waals surface area contributed by atoms with Gasteiger partial charge in [-0.1, -0.05) is 26.0 Å². The van der Waals surface area contributed by atoms with E-state index in [9.17, 15) is 14.4 Å². The molecular formula is C25H39N3O4. The minimum absolute atomic E-state index is 0.0741. The zero-order valence-electron chi connectivity index (χ0n) is 20.2. The third-order valence-corrected chi connectivity index (χ3v) is 6.20. The zero-order valence-corrected chi connectivity index (χ0v) is 20.2. The lowest BCUT2D eigenvalue weighted by Gasteiger charge is -2.40. The van der Waals surface area contributed by atoms with Crippen molar-refractivity contribution in [1.29, 1.82) is 0 Å². The van der Waals surface area contributed by atoms with Crippen LogP contribution in [0.5, 0.6) is 5.75 Å². The van der Waals surface area contributed by atoms with Crippen molar-refractivity contribution in [3.05, 3.63) is 29.8 Å². The van der Waals surface area contributed by atoms with Crippen LogP contribution in [0, 0.1) is 11.8 Å². The summed E-state index contributed by atoms with van der Waals surface area (Å²) in [7, 11) is 3.58. The average molecular weight is 446 g/mol. The average Bonchev–Trinajstić information content (AvgIpc) is 2.76. The first-order valence-corrected chi connectivity index (χ1v) is 11.6. The van der Waals surface area contributed by atoms with Gasteiger partial charge in [-0.05, 0) is 48.8 Å². The highest BCUT2D eigenvalue weighted by molar-refractivity contribution is 5.78. The Kier molecular flexibility index (Phi) is 10.0. The summed E-state index contributed by atoms with van der Waals surface area (Å²) in [6.45, 7) is 7.32. The minimum Gasteiger partial charge on any atom is -0.497 e. The summed E-state index contributed by atoms with van der Waals surface area (Å²) >= 11 is 0. The Morgan fingerprint density at radius 3 is 2.50 bits per heavy atom. The van der Waals surface area contributed by atoms with E-state index in [4.69, 9.17) is 4.74 Å². The van der Waals surface area contributed by atoms with Gasteiger partial charge in [0, 0.05) is 52.5 Å². The minimum atomic E-state index is -0.119. The molecule has 0 bridgehead atoms. The molecule has 1 fully saturated rings. The fourth-order valence-electron chi connectivity index (χ4n) is 4.38. The SMILES string of the molecule is COc1cccc(CC(C2CCN(C(=O)CCNC(C)=O)CC2)N(C)C(=O)CC(C)C)c1. The highest BCUT2D eigenvalue weighted by Crippen LogP contribution is 2.28. The smallest absolute Gasteiger partial charge is 0.224 e. The Bertz CT molecular complexity index is 772. The van der Waals surface area contributed by atoms with Gasteiger partial charge in [0.05, 0.1) is 7.11 Å². The van der Waals surface area contributed by atoms with Gasteiger partial charge in [-0.25, -0.2) is 0 Å². The van der Waals surface area contributed by atoms with Crippen molar-refractivity contribution < 1.29 is 19.1 Å². The highest BCUT2D eigenvalue weighted by Gasteiger charge is 2.32. The molecule has 1 aliphatic heterocycles. The third-order valence-electron chi connectivity index (χ3n) is 6.20. The van der Waals surface area contributed by atoms with Crippen molar-refractivity contribution >= 4 is 17.7 Å². The van der Waals surface area contributed by atoms with E-state index < -0.39 is 0 Å². The van der Waals surface area contributed by atoms with E-state index >= 15 is 0 Å². The second-order valence-electron chi connectivity index (χ2n) is 9.18. The van der Waals surface area contributed by atoms with Crippen molar-refractivity contribution in [2.75, 3.05) is 33.8 Å². The molecule has 1 aromatic rings. The number of likely N-dealkylation sites (N-methyl/N-ethyl adjacent to an activating group) is 1. The maximum atomic E-state index is 12.9. The van der Waals surface area contributed by atoms with Gasteiger partial charge in [-0.15, -0.1) is 0 Å². The molecule has 7 heteroatoms. The summed E-state index contributed by atoms with van der Waals surface area (Å²) < 4.78 is 5.38. The molecule has 32 heavy (non-hydrogen) atoms. The number of hydrogen-bond acceptors (Lipinski definition) is 4. The summed E-state index contributed by atoms with van der Waals surface area (Å²) in [6, 6.07) is 8.10. The second-order valence-corrected chi connectivity index (χ2v) is 9.18. The van der Waals surface area contributed by atoms with Gasteiger partial charge >= 0.3 is 0 Å². The van der Waals surface area contributed by atoms with Crippen molar-refractivity contribution in [2.24, 2.45) is 11.8 Å². The normalized spacial score (nSPS) is 15.4. The molecule has 0 saturated carbocycles. The van der Waals surface area contributed by atoms with E-state index in [0.29, 0.717) is 44.3 Å². The van der Waals surface area contributed by atoms with Crippen LogP contribution in [0.4, 0.5) is 0 Å². The summed E-state index contributed by atoms with van der Waals surface area (Å²) in [5.74, 6) is 1.57. The third kappa shape index (κ3) is 7.84. The number of carbonyl (C=O) groups is 3. The van der Waals surface area contributed by atoms with Crippen LogP contribution in [-0.4, -0.2) is 67.4 Å². The molecule has 1 saturated heterocycles. The first-order chi connectivity index (χ1) is 15.2. The van der Waals surface area contributed by atoms with Crippen LogP contribution < -0.4 is 10.1 Å². The molecule has 178 valence electrons. The molecule has 2 rings (SSSR count). The number of piperidine rings is 1. The molecule has 0 aromatic heterocycles. The molecule has 1 aliphatic rings. The maximum Gasteiger partial charge on any atom is 0.224 e. The molecule has 7 nitrogen and oxygen atoms in total. The Morgan fingerprint density at radius 1 is 1.22 bits per heavy atom. The Hall–Kier alpha value is -2.57. The van der Waals surface area contributed by atoms with E-state index in [-0.39, 0.29) is 23.8 Å². The number of amides is 3. The number of nitrogens with one attached hydrogen (secondary N) is 1. The zero-order chi connectivity index (χ0) is 23.7. The number of hydrogen-bond donors (Lipinski definition) is 1. The Labute approximate surface area is 192 Å². The Balaban J connectivity index is 2.06. The van der Waals surface area contributed by atoms with Crippen LogP contribution in [0.15, 0.2) is 24.3 Å². The van der Waals surface area contributed by atoms with Gasteiger partial charge in [0.15, 0.2) is 0 Å². The van der Waals surface area contributed by atoms with Crippen LogP contribution >= 0.6 is 0 Å². The van der Waals surface area contributed by atoms with Crippen molar-refractivity contribution in [2.45, 2.75) is 58.9 Å². The molecule has 3 amide bonds. The van der Waals surface area contributed by atoms with Crippen molar-refractivity contribution in [1.82, 2.24) is 15.1 Å². The lowest BCUT2D eigenvalue weighted by molar-refractivity contribution is -0.137. The van der Waals surface area contributed by atoms with E-state index in [2.05, 4.69) is 25.2 Å². The largest absolute Gasteiger partial charge is 0.497 e. The standard InChI is InChI=1S/C25H39N3O4/c1-18(2)15-25(31)27(4)23(17-20-7-6-8-22(16-20)32-5)21-10-13-28(14-11-21)24(30)9-12-26-19(3)29/h6-8,16,18,21,23H,9-15,17H2,1-5H3,(H,26,29). The number of carbonyl (C=O) groups excluding carboxylic acids is 3. The maximum absolute atomic E-state index is 12.9. The van der Waals surface area contributed by atoms with E-state index in [0.717, 1.165) is 30.6 Å². The fourth-order valence-corrected chi connectivity index (χ4v) is 4.38. The first kappa shape index (κ1) is 25.7. The molecule has 1 N–H and O–H groups in total. The molecule has 0 radical (unpaired) electrons. The molecule has 1 heterocycles. The van der Waals surface area contributed by atoms with Gasteiger partial charge < -0.3 is 19.9 Å². The highest BCUT2D eigenvalue weighted by atomic mass is 16.5. The number of methoxy groups -OCH3 is 1. The quantitative estimate of drug-likeness (QED) is 0.601. The van der Waals surface area contributed by atoms with Gasteiger partial charge in [-0.3, -0.25) is 14.4 Å². The van der Waals surface area contributed by atoms with Crippen molar-refractivity contribution in [3.63, 3.8) is 0 Å². The molecule has 1 atom stereocenters. The number of nitrogens with zero attached hydrogens (tertiary/aromatic N) is 2. The van der Waals surface area contributed by atoms with Gasteiger partial charge in [-0.2, -0.15) is 0 Å². The van der Waals surface area contributed by atoms with Crippen LogP contribution in [-0.2, 0) is 20.8 Å². The number of rotatable bonds is 10. The fraction of sp³-hybridized carbons (Fsp3) is 0.640. The lowest BCUT2D eigenvalue weighted by atomic mass is 9.84. The van der Waals surface area contributed by atoms with E-state index in [1.165, 1.54) is 6.92 Å². The van der Waals surface area contributed by atoms with Crippen LogP contribution in [0.25, 0.3) is 0 Å². The van der Waals surface area contributed by atoms with Gasteiger partial charge in [0.1, 0.15) is 5.75 Å². The molecule has 1 unspecified atom stereocenters. The van der Waals surface area contributed by atoms with Crippen LogP contribution in [0.2, 0.25) is 0 Å². The number of benzene rings is 1. The lowest BCUT2D eigenvalue weighted by Crippen LogP contribution is -2.48. The monoisotopic (exact) mass is 445 g/mol. The van der Waals surface area contributed by atoms with E-state index in [1.807, 2.05) is 35.0 Å². The molecule has 0 aliphatic carbocycles. The van der Waals surface area contributed by atoms with Gasteiger partial charge in [0.25, 0.3) is 0 Å². The first-order valence-electron chi connectivity index (χ1n) is 11.6. The summed E-state index contributed by atoms with van der Waals surface area (Å²) in [5.41, 5.74) is 1.15. The van der Waals surface area contributed by atoms with E-state index in [1.54, 1.807) is 7.11 Å². The predicted octanol–water partition coefficient (Wildman–Crippen LogP) is 2.88. The second kappa shape index (κ2) is 12.5. The molecular weight excluding hydrogens is 406 g/mol. The summed E-state index contributed by atoms with van der Waals surface area (Å²) in [6.07, 6.45) is 3.34. The van der Waals surface area contributed by atoms with Crippen LogP contribution in [0.1, 0.15) is 52.0 Å². The molecule has 1 aromatic carbocycles. The predicted molar refractivity (Wildman–Crippen MR) is 125 cm³/mol. The summed E-state index contributed by atoms with van der Waals surface area (Å²) in [5, 5.41) is 2.68. The van der Waals surface area contributed by atoms with Crippen LogP contribution in [0.3, 0.4) is 0 Å². The molecule has 0 spiro atoms. The van der Waals surface area contributed by atoms with Gasteiger partial charge in [0.2, 0.25) is 17.7 Å².